The molecule has 0 radical (unpaired) electrons. The zero-order valence-electron chi connectivity index (χ0n) is 10.8. The Kier molecular flexibility index (Phi) is 6.84. The van der Waals surface area contributed by atoms with Crippen LogP contribution in [0.5, 0.6) is 0 Å². The van der Waals surface area contributed by atoms with Gasteiger partial charge in [-0.05, 0) is 18.0 Å². The summed E-state index contributed by atoms with van der Waals surface area (Å²) < 4.78 is 0. The molecule has 88 valence electrons. The van der Waals surface area contributed by atoms with Crippen molar-refractivity contribution in [2.75, 3.05) is 26.2 Å². The van der Waals surface area contributed by atoms with Gasteiger partial charge < -0.3 is 0 Å². The van der Waals surface area contributed by atoms with Gasteiger partial charge in [-0.25, -0.2) is 0 Å². The second-order valence-corrected chi connectivity index (χ2v) is 13.2. The molecule has 0 aromatic rings. The number of hydrogen-bond donors (Lipinski definition) is 0. The second kappa shape index (κ2) is 6.44. The van der Waals surface area contributed by atoms with Crippen LogP contribution in [-0.4, -0.2) is 31.3 Å². The first-order valence-electron chi connectivity index (χ1n) is 6.06. The molecule has 0 aromatic heterocycles. The van der Waals surface area contributed by atoms with Crippen molar-refractivity contribution >= 4 is 16.5 Å². The van der Waals surface area contributed by atoms with Crippen molar-refractivity contribution in [3.05, 3.63) is 0 Å². The van der Waals surface area contributed by atoms with Crippen molar-refractivity contribution in [2.45, 2.75) is 51.1 Å². The minimum absolute atomic E-state index is 0.639. The van der Waals surface area contributed by atoms with Gasteiger partial charge >= 0.3 is 53.2 Å². The number of hydrogen-bond acceptors (Lipinski definition) is 0. The first-order valence-corrected chi connectivity index (χ1v) is 10.3. The molecule has 1 rings (SSSR count). The van der Waals surface area contributed by atoms with Crippen LogP contribution < -0.4 is 0 Å². The van der Waals surface area contributed by atoms with Crippen LogP contribution in [0.3, 0.4) is 0 Å². The van der Waals surface area contributed by atoms with Crippen LogP contribution in [0.25, 0.3) is 0 Å². The molecule has 0 nitrogen and oxygen atoms in total. The van der Waals surface area contributed by atoms with Crippen molar-refractivity contribution in [2.24, 2.45) is 0 Å². The van der Waals surface area contributed by atoms with Gasteiger partial charge in [-0.3, -0.25) is 0 Å². The second-order valence-electron chi connectivity index (χ2n) is 6.17. The SMILES string of the molecule is CC1(P)CCC1.CCCC[PH](C)(C)C. The first kappa shape index (κ1) is 14.9. The Morgan fingerprint density at radius 1 is 1.21 bits per heavy atom. The van der Waals surface area contributed by atoms with E-state index in [4.69, 9.17) is 0 Å². The maximum atomic E-state index is 2.88. The van der Waals surface area contributed by atoms with Crippen LogP contribution in [0.4, 0.5) is 0 Å². The van der Waals surface area contributed by atoms with E-state index in [0.29, 0.717) is 5.16 Å². The van der Waals surface area contributed by atoms with Gasteiger partial charge in [0, 0.05) is 0 Å². The van der Waals surface area contributed by atoms with Crippen molar-refractivity contribution in [1.82, 2.24) is 0 Å². The zero-order valence-corrected chi connectivity index (χ0v) is 13.0. The fraction of sp³-hybridized carbons (Fsp3) is 1.00. The Balaban J connectivity index is 0.000000249. The molecular formula is C12H30P2. The monoisotopic (exact) mass is 236 g/mol. The van der Waals surface area contributed by atoms with Crippen molar-refractivity contribution < 1.29 is 0 Å². The number of unbranched alkanes of at least 4 members (excludes halogenated alkanes) is 1. The molecule has 0 amide bonds. The molecule has 0 heterocycles. The molecule has 1 aliphatic carbocycles. The van der Waals surface area contributed by atoms with Gasteiger partial charge in [0.2, 0.25) is 0 Å². The summed E-state index contributed by atoms with van der Waals surface area (Å²) in [6, 6.07) is 0. The molecule has 1 saturated carbocycles. The summed E-state index contributed by atoms with van der Waals surface area (Å²) in [6.45, 7) is 11.9. The molecule has 0 aromatic carbocycles. The Hall–Kier alpha value is 0.860. The van der Waals surface area contributed by atoms with E-state index in [1.165, 1.54) is 38.3 Å². The van der Waals surface area contributed by atoms with Crippen molar-refractivity contribution in [1.29, 1.82) is 0 Å². The molecule has 0 bridgehead atoms. The number of rotatable bonds is 3. The fourth-order valence-electron chi connectivity index (χ4n) is 1.44. The van der Waals surface area contributed by atoms with Crippen LogP contribution in [-0.2, 0) is 0 Å². The topological polar surface area (TPSA) is 0 Å². The van der Waals surface area contributed by atoms with E-state index in [0.717, 1.165) is 0 Å². The van der Waals surface area contributed by atoms with Crippen molar-refractivity contribution in [3.8, 4) is 0 Å². The molecule has 14 heavy (non-hydrogen) atoms. The Labute approximate surface area is 94.2 Å². The van der Waals surface area contributed by atoms with E-state index >= 15 is 0 Å². The van der Waals surface area contributed by atoms with Gasteiger partial charge in [-0.15, -0.1) is 9.24 Å². The molecule has 2 heteroatoms. The van der Waals surface area contributed by atoms with Crippen molar-refractivity contribution in [3.63, 3.8) is 0 Å². The molecular weight excluding hydrogens is 206 g/mol. The summed E-state index contributed by atoms with van der Waals surface area (Å²) in [7, 11) is 2.20. The van der Waals surface area contributed by atoms with E-state index < -0.39 is 7.26 Å². The molecule has 1 aliphatic rings. The van der Waals surface area contributed by atoms with Gasteiger partial charge in [0.15, 0.2) is 0 Å². The molecule has 0 N–H and O–H groups in total. The third-order valence-electron chi connectivity index (χ3n) is 2.78. The molecule has 0 aliphatic heterocycles. The van der Waals surface area contributed by atoms with E-state index in [2.05, 4.69) is 43.1 Å². The van der Waals surface area contributed by atoms with Gasteiger partial charge in [-0.2, -0.15) is 0 Å². The van der Waals surface area contributed by atoms with E-state index in [9.17, 15) is 0 Å². The summed E-state index contributed by atoms with van der Waals surface area (Å²) in [4.78, 5) is 0. The standard InChI is InChI=1S/C7H19P.C5H11P/c1-5-6-7-8(2,3)4;1-5(6)3-2-4-5/h8H,5-7H2,1-4H3;2-4,6H2,1H3. The van der Waals surface area contributed by atoms with Crippen LogP contribution in [0.15, 0.2) is 0 Å². The van der Waals surface area contributed by atoms with E-state index in [1.54, 1.807) is 0 Å². The first-order chi connectivity index (χ1) is 6.27. The van der Waals surface area contributed by atoms with Gasteiger partial charge in [0.1, 0.15) is 0 Å². The summed E-state index contributed by atoms with van der Waals surface area (Å²) in [5.74, 6) is 0. The molecule has 1 unspecified atom stereocenters. The average Bonchev–Trinajstić information content (AvgIpc) is 1.98. The van der Waals surface area contributed by atoms with Crippen LogP contribution in [0.1, 0.15) is 46.0 Å². The maximum absolute atomic E-state index is 2.88. The minimum atomic E-state index is -0.678. The van der Waals surface area contributed by atoms with E-state index in [1.807, 2.05) is 0 Å². The van der Waals surface area contributed by atoms with Gasteiger partial charge in [0.05, 0.1) is 0 Å². The van der Waals surface area contributed by atoms with Crippen LogP contribution in [0.2, 0.25) is 0 Å². The molecule has 1 fully saturated rings. The summed E-state index contributed by atoms with van der Waals surface area (Å²) in [6.07, 6.45) is 8.58. The fourth-order valence-corrected chi connectivity index (χ4v) is 3.26. The molecule has 0 spiro atoms. The predicted octanol–water partition coefficient (Wildman–Crippen LogP) is 4.23. The third kappa shape index (κ3) is 9.42. The van der Waals surface area contributed by atoms with Crippen LogP contribution in [0, 0.1) is 0 Å². The Morgan fingerprint density at radius 3 is 1.71 bits per heavy atom. The third-order valence-corrected chi connectivity index (χ3v) is 5.21. The van der Waals surface area contributed by atoms with Crippen LogP contribution >= 0.6 is 16.5 Å². The average molecular weight is 236 g/mol. The van der Waals surface area contributed by atoms with E-state index in [-0.39, 0.29) is 0 Å². The quantitative estimate of drug-likeness (QED) is 0.643. The Bertz CT molecular complexity index is 139. The summed E-state index contributed by atoms with van der Waals surface area (Å²) >= 11 is 0. The van der Waals surface area contributed by atoms with Gasteiger partial charge in [-0.1, -0.05) is 13.3 Å². The van der Waals surface area contributed by atoms with Gasteiger partial charge in [0.25, 0.3) is 0 Å². The Morgan fingerprint density at radius 2 is 1.64 bits per heavy atom. The molecule has 0 saturated heterocycles. The summed E-state index contributed by atoms with van der Waals surface area (Å²) in [5, 5.41) is 0.639. The molecule has 1 atom stereocenters. The predicted molar refractivity (Wildman–Crippen MR) is 77.8 cm³/mol. The zero-order chi connectivity index (χ0) is 11.2. The normalized spacial score (nSPS) is 20.4. The summed E-state index contributed by atoms with van der Waals surface area (Å²) in [5.41, 5.74) is 0.